The fraction of sp³-hybridized carbons (Fsp3) is 0.250. The number of ether oxygens (including phenoxy) is 1. The minimum Gasteiger partial charge on any atom is -0.492 e. The van der Waals surface area contributed by atoms with Crippen molar-refractivity contribution in [1.29, 1.82) is 0 Å². The molecule has 1 rings (SSSR count). The number of hydrogen-bond acceptors (Lipinski definition) is 4. The lowest BCUT2D eigenvalue weighted by Gasteiger charge is -2.18. The average molecular weight is 386 g/mol. The molecule has 0 amide bonds. The van der Waals surface area contributed by atoms with Crippen molar-refractivity contribution in [3.63, 3.8) is 0 Å². The summed E-state index contributed by atoms with van der Waals surface area (Å²) >= 11 is 3.42. The summed E-state index contributed by atoms with van der Waals surface area (Å²) in [5, 5.41) is 14.8. The maximum Gasteiger partial charge on any atom is 0.414 e. The molecular formula is C16H20BrNO5. The minimum absolute atomic E-state index is 0.665. The number of halogens is 1. The average Bonchev–Trinajstić information content (AvgIpc) is 2.48. The molecule has 6 nitrogen and oxygen atoms in total. The molecule has 1 aromatic carbocycles. The zero-order valence-electron chi connectivity index (χ0n) is 12.7. The molecule has 2 N–H and O–H groups in total. The first-order chi connectivity index (χ1) is 10.9. The third-order valence-electron chi connectivity index (χ3n) is 2.43. The highest BCUT2D eigenvalue weighted by atomic mass is 79.9. The van der Waals surface area contributed by atoms with Gasteiger partial charge in [0.05, 0.1) is 0 Å². The molecule has 0 saturated carbocycles. The second-order valence-corrected chi connectivity index (χ2v) is 5.17. The Balaban J connectivity index is 0.000000688. The van der Waals surface area contributed by atoms with Crippen LogP contribution in [0.1, 0.15) is 0 Å². The normalized spacial score (nSPS) is 9.48. The van der Waals surface area contributed by atoms with Crippen LogP contribution >= 0.6 is 15.9 Å². The second kappa shape index (κ2) is 12.4. The third-order valence-corrected chi connectivity index (χ3v) is 2.92. The number of carbonyl (C=O) groups is 2. The Morgan fingerprint density at radius 1 is 1.17 bits per heavy atom. The van der Waals surface area contributed by atoms with E-state index in [4.69, 9.17) is 24.5 Å². The molecule has 0 aromatic heterocycles. The lowest BCUT2D eigenvalue weighted by Crippen LogP contribution is -2.28. The fourth-order valence-electron chi connectivity index (χ4n) is 1.47. The topological polar surface area (TPSA) is 87.1 Å². The zero-order valence-corrected chi connectivity index (χ0v) is 14.2. The van der Waals surface area contributed by atoms with Crippen LogP contribution in [-0.2, 0) is 9.59 Å². The molecule has 0 aliphatic rings. The summed E-state index contributed by atoms with van der Waals surface area (Å²) in [6.45, 7) is 10.7. The van der Waals surface area contributed by atoms with E-state index in [0.717, 1.165) is 29.9 Å². The van der Waals surface area contributed by atoms with Crippen LogP contribution in [0.25, 0.3) is 0 Å². The molecule has 0 atom stereocenters. The molecule has 7 heteroatoms. The van der Waals surface area contributed by atoms with Crippen LogP contribution in [-0.4, -0.2) is 53.3 Å². The smallest absolute Gasteiger partial charge is 0.414 e. The largest absolute Gasteiger partial charge is 0.492 e. The summed E-state index contributed by atoms with van der Waals surface area (Å²) in [5.41, 5.74) is 0. The number of carboxylic acid groups (broad SMARTS) is 2. The van der Waals surface area contributed by atoms with E-state index in [9.17, 15) is 0 Å². The van der Waals surface area contributed by atoms with Crippen LogP contribution in [0.4, 0.5) is 0 Å². The minimum atomic E-state index is -1.82. The standard InChI is InChI=1S/C14H18BrNO.C2H2O4/c1-3-8-16(9-4-2)10-11-17-14-7-5-6-13(15)12-14;3-1(4)2(5)6/h3-7,12H,1-2,8-11H2;(H,3,4)(H,5,6). The van der Waals surface area contributed by atoms with Crippen molar-refractivity contribution in [2.45, 2.75) is 0 Å². The van der Waals surface area contributed by atoms with E-state index in [1.807, 2.05) is 36.4 Å². The predicted molar refractivity (Wildman–Crippen MR) is 91.7 cm³/mol. The first kappa shape index (κ1) is 20.9. The lowest BCUT2D eigenvalue weighted by atomic mass is 10.3. The summed E-state index contributed by atoms with van der Waals surface area (Å²) in [5.74, 6) is -2.76. The third kappa shape index (κ3) is 11.1. The van der Waals surface area contributed by atoms with Crippen molar-refractivity contribution in [2.24, 2.45) is 0 Å². The lowest BCUT2D eigenvalue weighted by molar-refractivity contribution is -0.159. The highest BCUT2D eigenvalue weighted by Gasteiger charge is 2.04. The van der Waals surface area contributed by atoms with Gasteiger partial charge in [0, 0.05) is 24.1 Å². The number of aliphatic carboxylic acids is 2. The molecule has 1 aromatic rings. The molecule has 0 spiro atoms. The molecule has 0 aliphatic heterocycles. The van der Waals surface area contributed by atoms with Crippen LogP contribution in [0.15, 0.2) is 54.0 Å². The van der Waals surface area contributed by atoms with E-state index in [0.29, 0.717) is 6.61 Å². The molecule has 126 valence electrons. The van der Waals surface area contributed by atoms with Crippen molar-refractivity contribution in [3.8, 4) is 5.75 Å². The number of rotatable bonds is 8. The summed E-state index contributed by atoms with van der Waals surface area (Å²) in [6.07, 6.45) is 3.78. The Kier molecular flexibility index (Phi) is 11.3. The highest BCUT2D eigenvalue weighted by molar-refractivity contribution is 9.10. The summed E-state index contributed by atoms with van der Waals surface area (Å²) < 4.78 is 6.70. The van der Waals surface area contributed by atoms with Crippen molar-refractivity contribution in [3.05, 3.63) is 54.0 Å². The predicted octanol–water partition coefficient (Wildman–Crippen LogP) is 2.66. The Labute approximate surface area is 143 Å². The molecule has 23 heavy (non-hydrogen) atoms. The van der Waals surface area contributed by atoms with Gasteiger partial charge in [0.15, 0.2) is 0 Å². The van der Waals surface area contributed by atoms with E-state index >= 15 is 0 Å². The molecule has 0 bridgehead atoms. The number of benzene rings is 1. The monoisotopic (exact) mass is 385 g/mol. The van der Waals surface area contributed by atoms with Crippen LogP contribution in [0.5, 0.6) is 5.75 Å². The van der Waals surface area contributed by atoms with Gasteiger partial charge in [0.1, 0.15) is 12.4 Å². The van der Waals surface area contributed by atoms with Gasteiger partial charge in [-0.25, -0.2) is 9.59 Å². The van der Waals surface area contributed by atoms with Crippen LogP contribution < -0.4 is 4.74 Å². The number of hydrogen-bond donors (Lipinski definition) is 2. The van der Waals surface area contributed by atoms with Crippen molar-refractivity contribution in [2.75, 3.05) is 26.2 Å². The van der Waals surface area contributed by atoms with Gasteiger partial charge in [0.25, 0.3) is 0 Å². The quantitative estimate of drug-likeness (QED) is 0.528. The molecular weight excluding hydrogens is 366 g/mol. The van der Waals surface area contributed by atoms with Gasteiger partial charge >= 0.3 is 11.9 Å². The van der Waals surface area contributed by atoms with Gasteiger partial charge in [-0.1, -0.05) is 34.1 Å². The molecule has 0 fully saturated rings. The van der Waals surface area contributed by atoms with Gasteiger partial charge in [-0.15, -0.1) is 13.2 Å². The van der Waals surface area contributed by atoms with Crippen molar-refractivity contribution in [1.82, 2.24) is 4.90 Å². The summed E-state index contributed by atoms with van der Waals surface area (Å²) in [4.78, 5) is 20.4. The molecule has 0 saturated heterocycles. The van der Waals surface area contributed by atoms with Crippen LogP contribution in [0, 0.1) is 0 Å². The molecule has 0 heterocycles. The zero-order chi connectivity index (χ0) is 17.7. The van der Waals surface area contributed by atoms with Crippen LogP contribution in [0.2, 0.25) is 0 Å². The second-order valence-electron chi connectivity index (χ2n) is 4.25. The van der Waals surface area contributed by atoms with Gasteiger partial charge in [-0.2, -0.15) is 0 Å². The molecule has 0 radical (unpaired) electrons. The Hall–Kier alpha value is -2.12. The van der Waals surface area contributed by atoms with Gasteiger partial charge in [-0.3, -0.25) is 4.90 Å². The first-order valence-electron chi connectivity index (χ1n) is 6.69. The molecule has 0 unspecified atom stereocenters. The van der Waals surface area contributed by atoms with E-state index in [1.54, 1.807) is 0 Å². The summed E-state index contributed by atoms with van der Waals surface area (Å²) in [7, 11) is 0. The maximum atomic E-state index is 9.10. The van der Waals surface area contributed by atoms with Crippen LogP contribution in [0.3, 0.4) is 0 Å². The van der Waals surface area contributed by atoms with Crippen molar-refractivity contribution < 1.29 is 24.5 Å². The van der Waals surface area contributed by atoms with Crippen molar-refractivity contribution >= 4 is 27.9 Å². The number of nitrogens with zero attached hydrogens (tertiary/aromatic N) is 1. The Bertz CT molecular complexity index is 511. The van der Waals surface area contributed by atoms with Gasteiger partial charge in [0.2, 0.25) is 0 Å². The van der Waals surface area contributed by atoms with E-state index in [-0.39, 0.29) is 0 Å². The first-order valence-corrected chi connectivity index (χ1v) is 7.48. The van der Waals surface area contributed by atoms with Gasteiger partial charge < -0.3 is 14.9 Å². The van der Waals surface area contributed by atoms with E-state index in [1.165, 1.54) is 0 Å². The SMILES string of the molecule is C=CCN(CC=C)CCOc1cccc(Br)c1.O=C(O)C(=O)O. The number of carboxylic acids is 2. The Morgan fingerprint density at radius 2 is 1.74 bits per heavy atom. The van der Waals surface area contributed by atoms with E-state index in [2.05, 4.69) is 34.0 Å². The fourth-order valence-corrected chi connectivity index (χ4v) is 1.85. The molecule has 0 aliphatic carbocycles. The maximum absolute atomic E-state index is 9.10. The Morgan fingerprint density at radius 3 is 2.17 bits per heavy atom. The van der Waals surface area contributed by atoms with Gasteiger partial charge in [-0.05, 0) is 18.2 Å². The highest BCUT2D eigenvalue weighted by Crippen LogP contribution is 2.17. The summed E-state index contributed by atoms with van der Waals surface area (Å²) in [6, 6.07) is 7.86. The van der Waals surface area contributed by atoms with E-state index < -0.39 is 11.9 Å².